The molecule has 92 valence electrons. The maximum Gasteiger partial charge on any atom is 0.224 e. The molecule has 2 fully saturated rings. The topological polar surface area (TPSA) is 32.3 Å². The van der Waals surface area contributed by atoms with Crippen molar-refractivity contribution in [3.63, 3.8) is 0 Å². The summed E-state index contributed by atoms with van der Waals surface area (Å²) in [5.41, 5.74) is 0. The second-order valence-corrected chi connectivity index (χ2v) is 5.28. The van der Waals surface area contributed by atoms with Crippen molar-refractivity contribution in [2.75, 3.05) is 13.1 Å². The molecule has 2 aliphatic rings. The van der Waals surface area contributed by atoms with Gasteiger partial charge >= 0.3 is 0 Å². The Kier molecular flexibility index (Phi) is 4.22. The Morgan fingerprint density at radius 3 is 2.75 bits per heavy atom. The van der Waals surface area contributed by atoms with E-state index in [9.17, 15) is 4.79 Å². The Balaban J connectivity index is 1.81. The fourth-order valence-corrected chi connectivity index (χ4v) is 2.89. The van der Waals surface area contributed by atoms with E-state index < -0.39 is 0 Å². The minimum atomic E-state index is 0.367. The molecule has 3 nitrogen and oxygen atoms in total. The lowest BCUT2D eigenvalue weighted by Gasteiger charge is -2.35. The third-order valence-corrected chi connectivity index (χ3v) is 3.96. The maximum atomic E-state index is 12.2. The number of likely N-dealkylation sites (tertiary alicyclic amines) is 1. The van der Waals surface area contributed by atoms with Gasteiger partial charge in [0.1, 0.15) is 0 Å². The normalized spacial score (nSPS) is 31.4. The van der Waals surface area contributed by atoms with Crippen LogP contribution in [-0.4, -0.2) is 36.0 Å². The highest BCUT2D eigenvalue weighted by atomic mass is 16.2. The Morgan fingerprint density at radius 2 is 2.06 bits per heavy atom. The lowest BCUT2D eigenvalue weighted by molar-refractivity contribution is -0.135. The number of nitrogens with one attached hydrogen (secondary N) is 1. The van der Waals surface area contributed by atoms with E-state index in [4.69, 9.17) is 0 Å². The van der Waals surface area contributed by atoms with E-state index in [1.54, 1.807) is 0 Å². The fraction of sp³-hybridized carbons (Fsp3) is 0.923. The largest absolute Gasteiger partial charge is 0.340 e. The molecular formula is C13H24N2O. The predicted octanol–water partition coefficient (Wildman–Crippen LogP) is 1.92. The summed E-state index contributed by atoms with van der Waals surface area (Å²) >= 11 is 0. The van der Waals surface area contributed by atoms with Gasteiger partial charge in [0.25, 0.3) is 0 Å². The number of hydrogen-bond acceptors (Lipinski definition) is 2. The maximum absolute atomic E-state index is 12.2. The Morgan fingerprint density at radius 1 is 1.25 bits per heavy atom. The van der Waals surface area contributed by atoms with Crippen molar-refractivity contribution >= 4 is 5.91 Å². The highest BCUT2D eigenvalue weighted by Crippen LogP contribution is 2.19. The van der Waals surface area contributed by atoms with Crippen molar-refractivity contribution in [2.45, 2.75) is 64.0 Å². The number of carbonyl (C=O) groups excluding carboxylic acids is 1. The van der Waals surface area contributed by atoms with Gasteiger partial charge in [-0.05, 0) is 45.6 Å². The second-order valence-electron chi connectivity index (χ2n) is 5.28. The van der Waals surface area contributed by atoms with Gasteiger partial charge in [0.05, 0.1) is 0 Å². The number of rotatable bonds is 2. The smallest absolute Gasteiger partial charge is 0.224 e. The number of piperidine rings is 2. The van der Waals surface area contributed by atoms with Gasteiger partial charge in [-0.25, -0.2) is 0 Å². The first-order valence-corrected chi connectivity index (χ1v) is 6.80. The second kappa shape index (κ2) is 5.67. The average Bonchev–Trinajstić information content (AvgIpc) is 2.31. The molecular weight excluding hydrogens is 200 g/mol. The lowest BCUT2D eigenvalue weighted by Crippen LogP contribution is -2.45. The van der Waals surface area contributed by atoms with Crippen LogP contribution in [0, 0.1) is 0 Å². The quantitative estimate of drug-likeness (QED) is 0.777. The van der Waals surface area contributed by atoms with Crippen molar-refractivity contribution in [1.82, 2.24) is 10.2 Å². The van der Waals surface area contributed by atoms with Gasteiger partial charge in [0.15, 0.2) is 0 Å². The van der Waals surface area contributed by atoms with Gasteiger partial charge in [0.2, 0.25) is 5.91 Å². The van der Waals surface area contributed by atoms with Gasteiger partial charge in [-0.1, -0.05) is 6.42 Å². The minimum Gasteiger partial charge on any atom is -0.340 e. The summed E-state index contributed by atoms with van der Waals surface area (Å²) in [4.78, 5) is 14.3. The first-order valence-electron chi connectivity index (χ1n) is 6.80. The van der Waals surface area contributed by atoms with E-state index in [0.29, 0.717) is 24.4 Å². The summed E-state index contributed by atoms with van der Waals surface area (Å²) in [7, 11) is 0. The van der Waals surface area contributed by atoms with Gasteiger partial charge in [-0.2, -0.15) is 0 Å². The molecule has 0 radical (unpaired) electrons. The standard InChI is InChI=1S/C13H24N2O/c1-11-6-3-5-9-15(11)13(16)10-12-7-2-4-8-14-12/h11-12,14H,2-10H2,1H3/t11-,12-/m1/s1. The zero-order valence-electron chi connectivity index (χ0n) is 10.4. The van der Waals surface area contributed by atoms with E-state index in [2.05, 4.69) is 17.1 Å². The van der Waals surface area contributed by atoms with E-state index in [0.717, 1.165) is 13.1 Å². The summed E-state index contributed by atoms with van der Waals surface area (Å²) in [5.74, 6) is 0.367. The lowest BCUT2D eigenvalue weighted by atomic mass is 9.99. The molecule has 0 aromatic heterocycles. The van der Waals surface area contributed by atoms with Gasteiger partial charge in [0, 0.05) is 25.0 Å². The summed E-state index contributed by atoms with van der Waals surface area (Å²) in [5, 5.41) is 3.46. The molecule has 2 rings (SSSR count). The zero-order valence-corrected chi connectivity index (χ0v) is 10.4. The summed E-state index contributed by atoms with van der Waals surface area (Å²) in [6.07, 6.45) is 8.09. The SMILES string of the molecule is C[C@@H]1CCCCN1C(=O)C[C@H]1CCCCN1. The van der Waals surface area contributed by atoms with Crippen molar-refractivity contribution in [3.05, 3.63) is 0 Å². The molecule has 0 unspecified atom stereocenters. The van der Waals surface area contributed by atoms with Crippen LogP contribution in [0.2, 0.25) is 0 Å². The number of nitrogens with zero attached hydrogens (tertiary/aromatic N) is 1. The van der Waals surface area contributed by atoms with E-state index in [-0.39, 0.29) is 0 Å². The van der Waals surface area contributed by atoms with Crippen molar-refractivity contribution < 1.29 is 4.79 Å². The molecule has 2 atom stereocenters. The van der Waals surface area contributed by atoms with Gasteiger partial charge in [-0.3, -0.25) is 4.79 Å². The van der Waals surface area contributed by atoms with Crippen molar-refractivity contribution in [3.8, 4) is 0 Å². The molecule has 0 aromatic rings. The Labute approximate surface area is 98.6 Å². The third-order valence-electron chi connectivity index (χ3n) is 3.96. The predicted molar refractivity (Wildman–Crippen MR) is 65.3 cm³/mol. The Bertz CT molecular complexity index is 236. The first kappa shape index (κ1) is 11.9. The van der Waals surface area contributed by atoms with Crippen LogP contribution in [0.3, 0.4) is 0 Å². The molecule has 3 heteroatoms. The molecule has 1 amide bonds. The average molecular weight is 224 g/mol. The van der Waals surface area contributed by atoms with Crippen LogP contribution in [0.25, 0.3) is 0 Å². The molecule has 16 heavy (non-hydrogen) atoms. The molecule has 0 spiro atoms. The van der Waals surface area contributed by atoms with Crippen LogP contribution in [0.15, 0.2) is 0 Å². The van der Waals surface area contributed by atoms with Crippen LogP contribution < -0.4 is 5.32 Å². The molecule has 2 aliphatic heterocycles. The van der Waals surface area contributed by atoms with Crippen molar-refractivity contribution in [1.29, 1.82) is 0 Å². The molecule has 0 bridgehead atoms. The number of carbonyl (C=O) groups is 1. The molecule has 1 N–H and O–H groups in total. The molecule has 2 heterocycles. The van der Waals surface area contributed by atoms with Crippen LogP contribution >= 0.6 is 0 Å². The number of hydrogen-bond donors (Lipinski definition) is 1. The number of amides is 1. The first-order chi connectivity index (χ1) is 7.77. The zero-order chi connectivity index (χ0) is 11.4. The minimum absolute atomic E-state index is 0.367. The van der Waals surface area contributed by atoms with E-state index in [1.165, 1.54) is 38.5 Å². The molecule has 2 saturated heterocycles. The van der Waals surface area contributed by atoms with Crippen LogP contribution in [0.1, 0.15) is 51.9 Å². The monoisotopic (exact) mass is 224 g/mol. The van der Waals surface area contributed by atoms with Gasteiger partial charge in [-0.15, -0.1) is 0 Å². The van der Waals surface area contributed by atoms with Crippen molar-refractivity contribution in [2.24, 2.45) is 0 Å². The van der Waals surface area contributed by atoms with Gasteiger partial charge < -0.3 is 10.2 Å². The molecule has 0 aliphatic carbocycles. The van der Waals surface area contributed by atoms with Crippen LogP contribution in [0.5, 0.6) is 0 Å². The third kappa shape index (κ3) is 2.97. The van der Waals surface area contributed by atoms with E-state index >= 15 is 0 Å². The highest BCUT2D eigenvalue weighted by Gasteiger charge is 2.25. The molecule has 0 aromatic carbocycles. The van der Waals surface area contributed by atoms with Crippen LogP contribution in [0.4, 0.5) is 0 Å². The molecule has 0 saturated carbocycles. The fourth-order valence-electron chi connectivity index (χ4n) is 2.89. The van der Waals surface area contributed by atoms with Crippen LogP contribution in [-0.2, 0) is 4.79 Å². The van der Waals surface area contributed by atoms with E-state index in [1.807, 2.05) is 0 Å². The Hall–Kier alpha value is -0.570. The summed E-state index contributed by atoms with van der Waals surface area (Å²) in [6, 6.07) is 0.903. The summed E-state index contributed by atoms with van der Waals surface area (Å²) in [6.45, 7) is 4.26. The highest BCUT2D eigenvalue weighted by molar-refractivity contribution is 5.77. The summed E-state index contributed by atoms with van der Waals surface area (Å²) < 4.78 is 0.